The molecular weight excluding hydrogens is 310 g/mol. The number of nitrogens with one attached hydrogen (secondary N) is 2. The van der Waals surface area contributed by atoms with Crippen molar-refractivity contribution in [2.24, 2.45) is 5.92 Å². The number of hydrogen-bond donors (Lipinski definition) is 3. The van der Waals surface area contributed by atoms with Gasteiger partial charge in [-0.1, -0.05) is 13.3 Å². The Morgan fingerprint density at radius 3 is 2.57 bits per heavy atom. The summed E-state index contributed by atoms with van der Waals surface area (Å²) in [5.74, 6) is 0.231. The van der Waals surface area contributed by atoms with E-state index in [0.717, 1.165) is 30.4 Å². The summed E-state index contributed by atoms with van der Waals surface area (Å²) in [6.07, 6.45) is 3.19. The number of rotatable bonds is 6. The minimum Gasteiger partial charge on any atom is -0.396 e. The van der Waals surface area contributed by atoms with Crippen molar-refractivity contribution in [2.75, 3.05) is 23.9 Å². The van der Waals surface area contributed by atoms with Crippen LogP contribution in [-0.4, -0.2) is 33.2 Å². The van der Waals surface area contributed by atoms with Gasteiger partial charge in [0.15, 0.2) is 9.84 Å². The Morgan fingerprint density at radius 2 is 2.10 bits per heavy atom. The van der Waals surface area contributed by atoms with Crippen molar-refractivity contribution in [3.63, 3.8) is 0 Å². The fourth-order valence-electron chi connectivity index (χ4n) is 2.35. The molecule has 6 nitrogen and oxygen atoms in total. The first-order chi connectivity index (χ1) is 9.79. The van der Waals surface area contributed by atoms with Gasteiger partial charge in [-0.15, -0.1) is 11.3 Å². The van der Waals surface area contributed by atoms with Gasteiger partial charge in [-0.05, 0) is 19.3 Å². The molecule has 1 aliphatic carbocycles. The molecule has 0 aromatic carbocycles. The normalized spacial score (nSPS) is 21.1. The first-order valence-corrected chi connectivity index (χ1v) is 9.67. The van der Waals surface area contributed by atoms with Crippen molar-refractivity contribution >= 4 is 37.8 Å². The number of thiophene rings is 1. The van der Waals surface area contributed by atoms with Crippen molar-refractivity contribution in [3.8, 4) is 0 Å². The number of hydrogen-bond acceptors (Lipinski definition) is 6. The lowest BCUT2D eigenvalue weighted by Gasteiger charge is -2.05. The maximum atomic E-state index is 12.0. The lowest BCUT2D eigenvalue weighted by atomic mass is 10.3. The van der Waals surface area contributed by atoms with E-state index >= 15 is 0 Å². The van der Waals surface area contributed by atoms with Gasteiger partial charge in [-0.3, -0.25) is 4.79 Å². The molecule has 0 radical (unpaired) electrons. The predicted octanol–water partition coefficient (Wildman–Crippen LogP) is 1.69. The third-order valence-corrected chi connectivity index (χ3v) is 6.01. The summed E-state index contributed by atoms with van der Waals surface area (Å²) >= 11 is 1.11. The summed E-state index contributed by atoms with van der Waals surface area (Å²) in [6.45, 7) is 4.37. The second-order valence-electron chi connectivity index (χ2n) is 5.29. The van der Waals surface area contributed by atoms with Gasteiger partial charge in [-0.25, -0.2) is 8.42 Å². The van der Waals surface area contributed by atoms with Crippen LogP contribution in [0.3, 0.4) is 0 Å². The molecular formula is C13H21N3O3S2. The Kier molecular flexibility index (Phi) is 4.48. The van der Waals surface area contributed by atoms with Gasteiger partial charge in [0, 0.05) is 18.8 Å². The summed E-state index contributed by atoms with van der Waals surface area (Å²) in [5, 5.41) is 6.37. The fourth-order valence-corrected chi connectivity index (χ4v) is 4.88. The molecule has 0 saturated heterocycles. The molecule has 8 heteroatoms. The molecule has 0 aliphatic heterocycles. The van der Waals surface area contributed by atoms with Crippen LogP contribution in [0.5, 0.6) is 0 Å². The Hall–Kier alpha value is -1.28. The minimum atomic E-state index is -3.49. The quantitative estimate of drug-likeness (QED) is 0.736. The van der Waals surface area contributed by atoms with Crippen LogP contribution in [0.1, 0.15) is 36.4 Å². The number of carbonyl (C=O) groups is 1. The number of nitrogen functional groups attached to an aromatic ring is 1. The maximum absolute atomic E-state index is 12.0. The van der Waals surface area contributed by atoms with Crippen LogP contribution in [0, 0.1) is 5.92 Å². The third-order valence-electron chi connectivity index (χ3n) is 3.58. The molecule has 118 valence electrons. The lowest BCUT2D eigenvalue weighted by molar-refractivity contribution is 0.0960. The molecule has 1 heterocycles. The smallest absolute Gasteiger partial charge is 0.263 e. The lowest BCUT2D eigenvalue weighted by Crippen LogP contribution is -2.22. The Bertz CT molecular complexity index is 652. The molecule has 1 amide bonds. The highest BCUT2D eigenvalue weighted by Crippen LogP contribution is 2.43. The van der Waals surface area contributed by atoms with Gasteiger partial charge in [0.2, 0.25) is 0 Å². The van der Waals surface area contributed by atoms with E-state index in [1.54, 1.807) is 6.92 Å². The molecule has 1 aliphatic rings. The topological polar surface area (TPSA) is 101 Å². The fraction of sp³-hybridized carbons (Fsp3) is 0.615. The van der Waals surface area contributed by atoms with Crippen LogP contribution >= 0.6 is 11.3 Å². The van der Waals surface area contributed by atoms with E-state index < -0.39 is 9.84 Å². The molecule has 0 bridgehead atoms. The van der Waals surface area contributed by atoms with Crippen molar-refractivity contribution < 1.29 is 13.2 Å². The molecule has 2 unspecified atom stereocenters. The van der Waals surface area contributed by atoms with Crippen LogP contribution in [-0.2, 0) is 9.84 Å². The average Bonchev–Trinajstić information content (AvgIpc) is 3.03. The monoisotopic (exact) mass is 331 g/mol. The van der Waals surface area contributed by atoms with E-state index in [1.165, 1.54) is 0 Å². The van der Waals surface area contributed by atoms with Gasteiger partial charge in [-0.2, -0.15) is 0 Å². The molecule has 1 saturated carbocycles. The average molecular weight is 331 g/mol. The Labute approximate surface area is 129 Å². The molecule has 21 heavy (non-hydrogen) atoms. The molecule has 4 N–H and O–H groups in total. The Balaban J connectivity index is 2.38. The summed E-state index contributed by atoms with van der Waals surface area (Å²) in [7, 11) is -3.49. The summed E-state index contributed by atoms with van der Waals surface area (Å²) in [4.78, 5) is 12.3. The zero-order valence-corrected chi connectivity index (χ0v) is 14.0. The van der Waals surface area contributed by atoms with Gasteiger partial charge in [0.25, 0.3) is 5.91 Å². The SMILES string of the molecule is CCNC(=O)c1sc(NC2CC2CC)c(S(C)(=O)=O)c1N. The highest BCUT2D eigenvalue weighted by molar-refractivity contribution is 7.91. The van der Waals surface area contributed by atoms with E-state index in [1.807, 2.05) is 0 Å². The van der Waals surface area contributed by atoms with E-state index in [2.05, 4.69) is 17.6 Å². The highest BCUT2D eigenvalue weighted by atomic mass is 32.2. The second kappa shape index (κ2) is 5.84. The van der Waals surface area contributed by atoms with Crippen LogP contribution in [0.15, 0.2) is 4.90 Å². The number of nitrogens with two attached hydrogens (primary N) is 1. The van der Waals surface area contributed by atoms with E-state index in [0.29, 0.717) is 17.5 Å². The molecule has 0 spiro atoms. The van der Waals surface area contributed by atoms with Crippen molar-refractivity contribution in [2.45, 2.75) is 37.6 Å². The third kappa shape index (κ3) is 3.32. The first-order valence-electron chi connectivity index (χ1n) is 6.96. The predicted molar refractivity (Wildman–Crippen MR) is 85.7 cm³/mol. The molecule has 2 atom stereocenters. The first kappa shape index (κ1) is 16.1. The van der Waals surface area contributed by atoms with Crippen LogP contribution in [0.25, 0.3) is 0 Å². The summed E-state index contributed by atoms with van der Waals surface area (Å²) < 4.78 is 24.0. The van der Waals surface area contributed by atoms with E-state index in [-0.39, 0.29) is 27.4 Å². The summed E-state index contributed by atoms with van der Waals surface area (Å²) in [5.41, 5.74) is 5.96. The zero-order valence-electron chi connectivity index (χ0n) is 12.4. The van der Waals surface area contributed by atoms with Gasteiger partial charge in [0.05, 0.1) is 5.69 Å². The molecule has 1 fully saturated rings. The minimum absolute atomic E-state index is 0.0460. The van der Waals surface area contributed by atoms with Crippen molar-refractivity contribution in [1.29, 1.82) is 0 Å². The van der Waals surface area contributed by atoms with E-state index in [9.17, 15) is 13.2 Å². The Morgan fingerprint density at radius 1 is 1.43 bits per heavy atom. The maximum Gasteiger partial charge on any atom is 0.263 e. The number of carbonyl (C=O) groups excluding carboxylic acids is 1. The number of amides is 1. The number of anilines is 2. The second-order valence-corrected chi connectivity index (χ2v) is 8.26. The highest BCUT2D eigenvalue weighted by Gasteiger charge is 2.37. The van der Waals surface area contributed by atoms with Crippen LogP contribution < -0.4 is 16.4 Å². The van der Waals surface area contributed by atoms with Crippen molar-refractivity contribution in [3.05, 3.63) is 4.88 Å². The van der Waals surface area contributed by atoms with Gasteiger partial charge >= 0.3 is 0 Å². The van der Waals surface area contributed by atoms with Gasteiger partial charge < -0.3 is 16.4 Å². The largest absolute Gasteiger partial charge is 0.396 e. The van der Waals surface area contributed by atoms with Crippen LogP contribution in [0.4, 0.5) is 10.7 Å². The standard InChI is InChI=1S/C13H21N3O3S2/c1-4-7-6-8(7)16-13-11(21(3,18)19)9(14)10(20-13)12(17)15-5-2/h7-8,16H,4-6,14H2,1-3H3,(H,15,17). The number of sulfone groups is 1. The molecule has 1 aromatic rings. The van der Waals surface area contributed by atoms with E-state index in [4.69, 9.17) is 5.73 Å². The molecule has 1 aromatic heterocycles. The summed E-state index contributed by atoms with van der Waals surface area (Å²) in [6, 6.07) is 0.274. The van der Waals surface area contributed by atoms with Crippen LogP contribution in [0.2, 0.25) is 0 Å². The molecule has 2 rings (SSSR count). The van der Waals surface area contributed by atoms with Gasteiger partial charge in [0.1, 0.15) is 14.8 Å². The van der Waals surface area contributed by atoms with Crippen molar-refractivity contribution in [1.82, 2.24) is 5.32 Å². The zero-order chi connectivity index (χ0) is 15.8.